The second-order valence-electron chi connectivity index (χ2n) is 4.27. The highest BCUT2D eigenvalue weighted by atomic mass is 79.9. The molecule has 1 aliphatic rings. The summed E-state index contributed by atoms with van der Waals surface area (Å²) in [6.07, 6.45) is 2.32. The fourth-order valence-electron chi connectivity index (χ4n) is 2.01. The Balaban J connectivity index is 2.20. The Morgan fingerprint density at radius 2 is 1.89 bits per heavy atom. The van der Waals surface area contributed by atoms with Crippen molar-refractivity contribution in [1.29, 1.82) is 0 Å². The molecule has 0 atom stereocenters. The molecule has 2 aromatic rings. The first-order chi connectivity index (χ1) is 8.72. The second-order valence-corrected chi connectivity index (χ2v) is 5.65. The van der Waals surface area contributed by atoms with Crippen LogP contribution in [0, 0.1) is 0 Å². The minimum atomic E-state index is 0.481. The predicted octanol–water partition coefficient (Wildman–Crippen LogP) is 4.48. The van der Waals surface area contributed by atoms with Gasteiger partial charge in [0.2, 0.25) is 0 Å². The molecule has 1 saturated carbocycles. The largest absolute Gasteiger partial charge is 0.307 e. The topological polar surface area (TPSA) is 30.7 Å². The molecule has 94 valence electrons. The fraction of sp³-hybridized carbons (Fsp3) is 0.333. The average Bonchev–Trinajstić information content (AvgIpc) is 3.10. The van der Waals surface area contributed by atoms with Crippen LogP contribution in [0.15, 0.2) is 18.2 Å². The van der Waals surface area contributed by atoms with E-state index in [1.165, 1.54) is 0 Å². The van der Waals surface area contributed by atoms with E-state index in [1.54, 1.807) is 0 Å². The maximum atomic E-state index is 6.24. The van der Waals surface area contributed by atoms with Crippen molar-refractivity contribution in [3.05, 3.63) is 34.1 Å². The molecule has 0 aliphatic heterocycles. The van der Waals surface area contributed by atoms with E-state index >= 15 is 0 Å². The highest BCUT2D eigenvalue weighted by molar-refractivity contribution is 9.08. The summed E-state index contributed by atoms with van der Waals surface area (Å²) in [6, 6.07) is 5.96. The molecule has 0 radical (unpaired) electrons. The molecule has 0 N–H and O–H groups in total. The van der Waals surface area contributed by atoms with Gasteiger partial charge < -0.3 is 4.57 Å². The van der Waals surface area contributed by atoms with E-state index in [0.717, 1.165) is 30.1 Å². The van der Waals surface area contributed by atoms with Crippen molar-refractivity contribution >= 4 is 39.1 Å². The van der Waals surface area contributed by atoms with Crippen LogP contribution >= 0.6 is 39.1 Å². The lowest BCUT2D eigenvalue weighted by Crippen LogP contribution is -2.02. The molecule has 1 aromatic carbocycles. The Labute approximate surface area is 123 Å². The minimum absolute atomic E-state index is 0.481. The summed E-state index contributed by atoms with van der Waals surface area (Å²) >= 11 is 15.9. The number of rotatable bonds is 3. The molecule has 1 aromatic heterocycles. The number of hydrogen-bond acceptors (Lipinski definition) is 2. The van der Waals surface area contributed by atoms with Crippen LogP contribution in [0.2, 0.25) is 10.0 Å². The molecule has 3 rings (SSSR count). The monoisotopic (exact) mass is 345 g/mol. The smallest absolute Gasteiger partial charge is 0.167 e. The van der Waals surface area contributed by atoms with Gasteiger partial charge >= 0.3 is 0 Å². The number of benzene rings is 1. The van der Waals surface area contributed by atoms with Crippen LogP contribution in [0.25, 0.3) is 11.4 Å². The molecule has 1 heterocycles. The molecule has 3 nitrogen and oxygen atoms in total. The first-order valence-electron chi connectivity index (χ1n) is 5.66. The first-order valence-corrected chi connectivity index (χ1v) is 7.54. The summed E-state index contributed by atoms with van der Waals surface area (Å²) in [7, 11) is 0. The zero-order valence-corrected chi connectivity index (χ0v) is 12.5. The van der Waals surface area contributed by atoms with Crippen molar-refractivity contribution < 1.29 is 0 Å². The summed E-state index contributed by atoms with van der Waals surface area (Å²) < 4.78 is 2.14. The van der Waals surface area contributed by atoms with E-state index in [4.69, 9.17) is 23.2 Å². The summed E-state index contributed by atoms with van der Waals surface area (Å²) in [4.78, 5) is 0. The van der Waals surface area contributed by atoms with Gasteiger partial charge in [-0.15, -0.1) is 10.2 Å². The SMILES string of the molecule is Clc1cccc(Cl)c1-c1nnc(CBr)n1C1CC1. The maximum Gasteiger partial charge on any atom is 0.167 e. The van der Waals surface area contributed by atoms with Gasteiger partial charge in [-0.3, -0.25) is 0 Å². The third-order valence-corrected chi connectivity index (χ3v) is 4.12. The fourth-order valence-corrected chi connectivity index (χ4v) is 2.96. The predicted molar refractivity (Wildman–Crippen MR) is 76.4 cm³/mol. The summed E-state index contributed by atoms with van der Waals surface area (Å²) in [5.74, 6) is 1.69. The van der Waals surface area contributed by atoms with Crippen molar-refractivity contribution in [2.75, 3.05) is 0 Å². The van der Waals surface area contributed by atoms with Gasteiger partial charge in [0.1, 0.15) is 5.82 Å². The van der Waals surface area contributed by atoms with Gasteiger partial charge in [-0.2, -0.15) is 0 Å². The zero-order chi connectivity index (χ0) is 12.7. The van der Waals surface area contributed by atoms with Crippen LogP contribution in [0.1, 0.15) is 24.7 Å². The lowest BCUT2D eigenvalue weighted by atomic mass is 10.2. The van der Waals surface area contributed by atoms with Crippen LogP contribution in [0.5, 0.6) is 0 Å². The van der Waals surface area contributed by atoms with E-state index in [0.29, 0.717) is 21.4 Å². The molecule has 1 aliphatic carbocycles. The van der Waals surface area contributed by atoms with Gasteiger partial charge in [0.25, 0.3) is 0 Å². The van der Waals surface area contributed by atoms with Crippen LogP contribution in [-0.4, -0.2) is 14.8 Å². The third kappa shape index (κ3) is 2.06. The summed E-state index contributed by atoms with van der Waals surface area (Å²) in [5, 5.41) is 10.4. The maximum absolute atomic E-state index is 6.24. The van der Waals surface area contributed by atoms with Crippen molar-refractivity contribution in [2.45, 2.75) is 24.2 Å². The van der Waals surface area contributed by atoms with Crippen molar-refractivity contribution in [3.8, 4) is 11.4 Å². The minimum Gasteiger partial charge on any atom is -0.307 e. The van der Waals surface area contributed by atoms with Crippen molar-refractivity contribution in [3.63, 3.8) is 0 Å². The van der Waals surface area contributed by atoms with Gasteiger partial charge in [-0.1, -0.05) is 45.2 Å². The van der Waals surface area contributed by atoms with Gasteiger partial charge in [0.15, 0.2) is 5.82 Å². The Kier molecular flexibility index (Phi) is 3.34. The molecule has 0 saturated heterocycles. The lowest BCUT2D eigenvalue weighted by molar-refractivity contribution is 0.714. The van der Waals surface area contributed by atoms with Crippen LogP contribution in [-0.2, 0) is 5.33 Å². The number of halogens is 3. The van der Waals surface area contributed by atoms with Gasteiger partial charge in [-0.05, 0) is 25.0 Å². The number of alkyl halides is 1. The summed E-state index contributed by atoms with van der Waals surface area (Å²) in [6.45, 7) is 0. The zero-order valence-electron chi connectivity index (χ0n) is 9.41. The Bertz CT molecular complexity index is 573. The average molecular weight is 347 g/mol. The third-order valence-electron chi connectivity index (χ3n) is 2.98. The van der Waals surface area contributed by atoms with E-state index < -0.39 is 0 Å². The molecule has 0 amide bonds. The van der Waals surface area contributed by atoms with E-state index in [2.05, 4.69) is 30.7 Å². The van der Waals surface area contributed by atoms with Crippen LogP contribution in [0.4, 0.5) is 0 Å². The van der Waals surface area contributed by atoms with Gasteiger partial charge in [0, 0.05) is 6.04 Å². The molecule has 0 bridgehead atoms. The quantitative estimate of drug-likeness (QED) is 0.767. The molecule has 0 spiro atoms. The van der Waals surface area contributed by atoms with Crippen molar-refractivity contribution in [2.24, 2.45) is 0 Å². The highest BCUT2D eigenvalue weighted by Crippen LogP contribution is 2.42. The standard InChI is InChI=1S/C12H10BrCl2N3/c13-6-10-16-17-12(18(10)7-4-5-7)11-8(14)2-1-3-9(11)15/h1-3,7H,4-6H2. The Morgan fingerprint density at radius 1 is 1.22 bits per heavy atom. The molecular weight excluding hydrogens is 337 g/mol. The molecule has 6 heteroatoms. The second kappa shape index (κ2) is 4.83. The number of hydrogen-bond donors (Lipinski definition) is 0. The molecular formula is C12H10BrCl2N3. The Hall–Kier alpha value is -0.580. The molecule has 1 fully saturated rings. The van der Waals surface area contributed by atoms with Crippen molar-refractivity contribution in [1.82, 2.24) is 14.8 Å². The molecule has 18 heavy (non-hydrogen) atoms. The van der Waals surface area contributed by atoms with Crippen LogP contribution < -0.4 is 0 Å². The van der Waals surface area contributed by atoms with Crippen LogP contribution in [0.3, 0.4) is 0 Å². The van der Waals surface area contributed by atoms with E-state index in [1.807, 2.05) is 18.2 Å². The molecule has 0 unspecified atom stereocenters. The first kappa shape index (κ1) is 12.5. The van der Waals surface area contributed by atoms with E-state index in [9.17, 15) is 0 Å². The highest BCUT2D eigenvalue weighted by Gasteiger charge is 2.30. The Morgan fingerprint density at radius 3 is 2.44 bits per heavy atom. The van der Waals surface area contributed by atoms with E-state index in [-0.39, 0.29) is 0 Å². The van der Waals surface area contributed by atoms with Gasteiger partial charge in [-0.25, -0.2) is 0 Å². The number of aromatic nitrogens is 3. The normalized spacial score (nSPS) is 15.1. The van der Waals surface area contributed by atoms with Gasteiger partial charge in [0.05, 0.1) is 20.9 Å². The number of nitrogens with zero attached hydrogens (tertiary/aromatic N) is 3. The lowest BCUT2D eigenvalue weighted by Gasteiger charge is -2.10. The summed E-state index contributed by atoms with van der Waals surface area (Å²) in [5.41, 5.74) is 0.771.